The lowest BCUT2D eigenvalue weighted by atomic mass is 9.85. The first-order chi connectivity index (χ1) is 29.7. The molecule has 1 amide bonds. The van der Waals surface area contributed by atoms with Gasteiger partial charge in [0.2, 0.25) is 26.3 Å². The van der Waals surface area contributed by atoms with E-state index in [0.29, 0.717) is 34.6 Å². The van der Waals surface area contributed by atoms with E-state index in [1.54, 1.807) is 13.0 Å². The summed E-state index contributed by atoms with van der Waals surface area (Å²) in [5.41, 5.74) is 4.56. The van der Waals surface area contributed by atoms with E-state index in [4.69, 9.17) is 53.1 Å². The highest BCUT2D eigenvalue weighted by Gasteiger charge is 2.43. The second-order valence-corrected chi connectivity index (χ2v) is 31.8. The minimum atomic E-state index is -2.58. The predicted molar refractivity (Wildman–Crippen MR) is 268 cm³/mol. The summed E-state index contributed by atoms with van der Waals surface area (Å²) in [7, 11) is -3.79. The first kappa shape index (κ1) is 52.8. The Bertz CT molecular complexity index is 2220. The quantitative estimate of drug-likeness (QED) is 0.0240. The van der Waals surface area contributed by atoms with E-state index in [-0.39, 0.29) is 33.1 Å². The molecule has 0 aliphatic carbocycles. The van der Waals surface area contributed by atoms with Crippen molar-refractivity contribution in [2.75, 3.05) is 24.4 Å². The van der Waals surface area contributed by atoms with E-state index in [2.05, 4.69) is 67.7 Å². The number of anilines is 1. The van der Waals surface area contributed by atoms with Gasteiger partial charge in [-0.25, -0.2) is 9.59 Å². The zero-order valence-corrected chi connectivity index (χ0v) is 44.1. The second kappa shape index (κ2) is 21.7. The van der Waals surface area contributed by atoms with Crippen LogP contribution >= 0.6 is 46.6 Å². The van der Waals surface area contributed by atoms with Gasteiger partial charge in [0.25, 0.3) is 0 Å². The van der Waals surface area contributed by atoms with Crippen molar-refractivity contribution < 1.29 is 37.5 Å². The van der Waals surface area contributed by atoms with E-state index in [1.165, 1.54) is 23.8 Å². The third kappa shape index (κ3) is 13.4. The molecule has 1 atom stereocenters. The fraction of sp³-hybridized carbons (Fsp3) is 0.429. The molecule has 0 fully saturated rings. The molecule has 15 heteroatoms. The Morgan fingerprint density at radius 2 is 1.27 bits per heavy atom. The standard InChI is InChI=1S/C49H62Cl3NO8SSi2/c1-33-40(60-63(9,10)47(2,3)4)29-41(61-64(11,12)48(5,6)7)38(43(33)46(57)59-32-49(50,51)52)30-62-31-39(45(56)58-8)53(42(55)26-27-54)37-25-19-24-36(28-37)44(34-20-15-13-16-21-34)35-22-17-14-18-23-35/h13-25,27-29,39,44H,26,30-32H2,1-12H3/t39-/m0/s1. The van der Waals surface area contributed by atoms with E-state index in [0.717, 1.165) is 16.7 Å². The van der Waals surface area contributed by atoms with Crippen LogP contribution in [-0.4, -0.2) is 70.1 Å². The second-order valence-electron chi connectivity index (χ2n) is 18.8. The fourth-order valence-corrected chi connectivity index (χ4v) is 9.91. The summed E-state index contributed by atoms with van der Waals surface area (Å²) in [5, 5.41) is -0.410. The highest BCUT2D eigenvalue weighted by Crippen LogP contribution is 2.45. The predicted octanol–water partition coefficient (Wildman–Crippen LogP) is 12.9. The van der Waals surface area contributed by atoms with Crippen molar-refractivity contribution in [2.24, 2.45) is 0 Å². The average Bonchev–Trinajstić information content (AvgIpc) is 3.20. The van der Waals surface area contributed by atoms with Crippen molar-refractivity contribution >= 4 is 93.0 Å². The summed E-state index contributed by atoms with van der Waals surface area (Å²) < 4.78 is 23.0. The summed E-state index contributed by atoms with van der Waals surface area (Å²) >= 11 is 19.5. The first-order valence-electron chi connectivity index (χ1n) is 21.1. The summed E-state index contributed by atoms with van der Waals surface area (Å²) in [6.07, 6.45) is 0.0506. The van der Waals surface area contributed by atoms with Gasteiger partial charge in [-0.05, 0) is 72.0 Å². The number of ether oxygens (including phenoxy) is 2. The van der Waals surface area contributed by atoms with Crippen LogP contribution in [-0.2, 0) is 29.6 Å². The van der Waals surface area contributed by atoms with E-state index >= 15 is 0 Å². The van der Waals surface area contributed by atoms with Gasteiger partial charge >= 0.3 is 11.9 Å². The number of alkyl halides is 3. The van der Waals surface area contributed by atoms with Gasteiger partial charge < -0.3 is 23.1 Å². The van der Waals surface area contributed by atoms with Gasteiger partial charge in [0.05, 0.1) is 19.1 Å². The highest BCUT2D eigenvalue weighted by molar-refractivity contribution is 7.98. The maximum absolute atomic E-state index is 14.3. The summed E-state index contributed by atoms with van der Waals surface area (Å²) in [4.78, 5) is 55.6. The Hall–Kier alpha value is -3.79. The molecule has 0 N–H and O–H groups in total. The van der Waals surface area contributed by atoms with E-state index < -0.39 is 57.3 Å². The lowest BCUT2D eigenvalue weighted by Gasteiger charge is -2.39. The molecule has 0 aliphatic heterocycles. The molecule has 0 aromatic heterocycles. The van der Waals surface area contributed by atoms with Crippen molar-refractivity contribution in [2.45, 2.75) is 113 Å². The average molecular weight is 988 g/mol. The Labute approximate surface area is 401 Å². The molecule has 0 unspecified atom stereocenters. The Morgan fingerprint density at radius 3 is 1.75 bits per heavy atom. The lowest BCUT2D eigenvalue weighted by Crippen LogP contribution is -2.47. The molecular weight excluding hydrogens is 925 g/mol. The normalized spacial score (nSPS) is 12.9. The number of rotatable bonds is 18. The van der Waals surface area contributed by atoms with Crippen molar-refractivity contribution in [3.05, 3.63) is 124 Å². The molecule has 0 aliphatic rings. The van der Waals surface area contributed by atoms with E-state index in [1.807, 2.05) is 84.9 Å². The molecule has 0 spiro atoms. The number of carbonyl (C=O) groups excluding carboxylic acids is 4. The molecule has 64 heavy (non-hydrogen) atoms. The van der Waals surface area contributed by atoms with Crippen LogP contribution in [0.15, 0.2) is 91.0 Å². The van der Waals surface area contributed by atoms with E-state index in [9.17, 15) is 19.2 Å². The van der Waals surface area contributed by atoms with Crippen molar-refractivity contribution in [1.29, 1.82) is 0 Å². The molecule has 4 rings (SSSR count). The van der Waals surface area contributed by atoms with Crippen LogP contribution in [0, 0.1) is 6.92 Å². The molecule has 0 radical (unpaired) electrons. The number of halogens is 3. The van der Waals surface area contributed by atoms with Crippen molar-refractivity contribution in [3.8, 4) is 11.5 Å². The van der Waals surface area contributed by atoms with Crippen LogP contribution in [0.2, 0.25) is 36.3 Å². The zero-order chi connectivity index (χ0) is 47.8. The van der Waals surface area contributed by atoms with Gasteiger partial charge in [0.15, 0.2) is 0 Å². The smallest absolute Gasteiger partial charge is 0.339 e. The number of hydrogen-bond donors (Lipinski definition) is 0. The molecule has 0 saturated heterocycles. The van der Waals surface area contributed by atoms with Crippen molar-refractivity contribution in [3.63, 3.8) is 0 Å². The SMILES string of the molecule is COC(=O)[C@H](CSCc1c(O[Si](C)(C)C(C)(C)C)cc(O[Si](C)(C)C(C)(C)C)c(C)c1C(=O)OCC(Cl)(Cl)Cl)N(C(=O)CC=O)c1cccc(C(c2ccccc2)c2ccccc2)c1. The van der Waals surface area contributed by atoms with Crippen LogP contribution in [0.5, 0.6) is 11.5 Å². The number of benzene rings is 4. The molecule has 4 aromatic rings. The van der Waals surface area contributed by atoms with Crippen LogP contribution in [0.25, 0.3) is 0 Å². The minimum Gasteiger partial charge on any atom is -0.543 e. The number of hydrogen-bond acceptors (Lipinski definition) is 9. The number of esters is 2. The largest absolute Gasteiger partial charge is 0.543 e. The monoisotopic (exact) mass is 985 g/mol. The Morgan fingerprint density at radius 1 is 0.750 bits per heavy atom. The molecule has 9 nitrogen and oxygen atoms in total. The number of carbonyl (C=O) groups is 4. The molecular formula is C49H62Cl3NO8SSi2. The zero-order valence-electron chi connectivity index (χ0n) is 39.0. The third-order valence-electron chi connectivity index (χ3n) is 12.1. The van der Waals surface area contributed by atoms with Crippen LogP contribution in [0.1, 0.15) is 92.1 Å². The summed E-state index contributed by atoms with van der Waals surface area (Å²) in [6, 6.07) is 28.1. The van der Waals surface area contributed by atoms with Crippen LogP contribution < -0.4 is 13.8 Å². The Balaban J connectivity index is 1.88. The fourth-order valence-electron chi connectivity index (χ4n) is 6.53. The maximum atomic E-state index is 14.3. The lowest BCUT2D eigenvalue weighted by molar-refractivity contribution is -0.143. The number of thioether (sulfide) groups is 1. The van der Waals surface area contributed by atoms with Gasteiger partial charge in [0, 0.05) is 40.3 Å². The number of amides is 1. The highest BCUT2D eigenvalue weighted by atomic mass is 35.6. The van der Waals surface area contributed by atoms with Gasteiger partial charge in [0.1, 0.15) is 30.4 Å². The van der Waals surface area contributed by atoms with Gasteiger partial charge in [-0.2, -0.15) is 11.8 Å². The first-order valence-corrected chi connectivity index (χ1v) is 29.2. The molecule has 0 heterocycles. The molecule has 346 valence electrons. The topological polar surface area (TPSA) is 108 Å². The number of aldehydes is 1. The maximum Gasteiger partial charge on any atom is 0.339 e. The molecule has 0 saturated carbocycles. The van der Waals surface area contributed by atoms with Crippen LogP contribution in [0.3, 0.4) is 0 Å². The summed E-state index contributed by atoms with van der Waals surface area (Å²) in [6.45, 7) is 22.5. The number of methoxy groups -OCH3 is 1. The number of nitrogens with zero attached hydrogens (tertiary/aromatic N) is 1. The van der Waals surface area contributed by atoms with Gasteiger partial charge in [-0.15, -0.1) is 0 Å². The van der Waals surface area contributed by atoms with Gasteiger partial charge in [-0.1, -0.05) is 149 Å². The minimum absolute atomic E-state index is 0.00569. The summed E-state index contributed by atoms with van der Waals surface area (Å²) in [5.74, 6) is -1.17. The Kier molecular flexibility index (Phi) is 17.9. The van der Waals surface area contributed by atoms with Crippen LogP contribution in [0.4, 0.5) is 5.69 Å². The third-order valence-corrected chi connectivity index (χ3v) is 22.2. The molecule has 4 aromatic carbocycles. The molecule has 0 bridgehead atoms. The van der Waals surface area contributed by atoms with Gasteiger partial charge in [-0.3, -0.25) is 9.69 Å². The van der Waals surface area contributed by atoms with Crippen molar-refractivity contribution in [1.82, 2.24) is 0 Å².